The Labute approximate surface area is 156 Å². The molecule has 0 aromatic heterocycles. The fourth-order valence-corrected chi connectivity index (χ4v) is 2.96. The van der Waals surface area contributed by atoms with E-state index >= 15 is 0 Å². The first-order chi connectivity index (χ1) is 12.5. The number of carbonyl (C=O) groups is 1. The van der Waals surface area contributed by atoms with Crippen molar-refractivity contribution in [1.29, 1.82) is 0 Å². The molecule has 0 fully saturated rings. The Hall–Kier alpha value is -2.20. The van der Waals surface area contributed by atoms with E-state index in [1.165, 1.54) is 23.3 Å². The molecule has 1 amide bonds. The van der Waals surface area contributed by atoms with Crippen molar-refractivity contribution in [2.24, 2.45) is 5.92 Å². The SMILES string of the molecule is CCc1ccc(C(NCC(=O)NCCc2ccc(F)cc2)C(C)C)cc1. The Morgan fingerprint density at radius 2 is 1.62 bits per heavy atom. The molecule has 1 atom stereocenters. The molecule has 140 valence electrons. The molecule has 3 nitrogen and oxygen atoms in total. The summed E-state index contributed by atoms with van der Waals surface area (Å²) in [6, 6.07) is 15.1. The first-order valence-corrected chi connectivity index (χ1v) is 9.33. The minimum absolute atomic E-state index is 0.0251. The largest absolute Gasteiger partial charge is 0.355 e. The number of halogens is 1. The van der Waals surface area contributed by atoms with Crippen molar-refractivity contribution in [3.8, 4) is 0 Å². The van der Waals surface area contributed by atoms with Crippen LogP contribution >= 0.6 is 0 Å². The summed E-state index contributed by atoms with van der Waals surface area (Å²) in [5, 5.41) is 6.28. The van der Waals surface area contributed by atoms with Crippen LogP contribution in [-0.4, -0.2) is 19.0 Å². The van der Waals surface area contributed by atoms with Crippen LogP contribution in [0.1, 0.15) is 43.5 Å². The molecule has 1 unspecified atom stereocenters. The first-order valence-electron chi connectivity index (χ1n) is 9.33. The normalized spacial score (nSPS) is 12.2. The van der Waals surface area contributed by atoms with Crippen molar-refractivity contribution in [3.05, 3.63) is 71.0 Å². The Morgan fingerprint density at radius 3 is 2.19 bits per heavy atom. The highest BCUT2D eigenvalue weighted by atomic mass is 19.1. The lowest BCUT2D eigenvalue weighted by atomic mass is 9.95. The highest BCUT2D eigenvalue weighted by molar-refractivity contribution is 5.78. The van der Waals surface area contributed by atoms with Crippen LogP contribution in [0.4, 0.5) is 4.39 Å². The zero-order valence-corrected chi connectivity index (χ0v) is 15.9. The Morgan fingerprint density at radius 1 is 1.00 bits per heavy atom. The van der Waals surface area contributed by atoms with Gasteiger partial charge in [-0.05, 0) is 47.6 Å². The Balaban J connectivity index is 1.80. The minimum atomic E-state index is -0.242. The van der Waals surface area contributed by atoms with Gasteiger partial charge in [0.1, 0.15) is 5.82 Å². The van der Waals surface area contributed by atoms with Crippen LogP contribution in [0.2, 0.25) is 0 Å². The lowest BCUT2D eigenvalue weighted by Crippen LogP contribution is -2.38. The molecule has 0 heterocycles. The molecule has 0 saturated carbocycles. The molecular formula is C22H29FN2O. The molecule has 2 rings (SSSR count). The number of benzene rings is 2. The molecule has 26 heavy (non-hydrogen) atoms. The quantitative estimate of drug-likeness (QED) is 0.712. The Bertz CT molecular complexity index is 680. The third-order valence-corrected chi connectivity index (χ3v) is 4.55. The van der Waals surface area contributed by atoms with Gasteiger partial charge in [-0.1, -0.05) is 57.2 Å². The van der Waals surface area contributed by atoms with Gasteiger partial charge in [0, 0.05) is 12.6 Å². The number of hydrogen-bond donors (Lipinski definition) is 2. The average molecular weight is 356 g/mol. The van der Waals surface area contributed by atoms with Gasteiger partial charge < -0.3 is 10.6 Å². The maximum atomic E-state index is 12.9. The summed E-state index contributed by atoms with van der Waals surface area (Å²) < 4.78 is 12.9. The average Bonchev–Trinajstić information content (AvgIpc) is 2.64. The van der Waals surface area contributed by atoms with Crippen molar-refractivity contribution in [2.45, 2.75) is 39.7 Å². The number of carbonyl (C=O) groups excluding carboxylic acids is 1. The fraction of sp³-hybridized carbons (Fsp3) is 0.409. The third kappa shape index (κ3) is 6.26. The van der Waals surface area contributed by atoms with Crippen molar-refractivity contribution >= 4 is 5.91 Å². The molecule has 0 spiro atoms. The molecule has 0 aliphatic rings. The number of aryl methyl sites for hydroxylation is 1. The van der Waals surface area contributed by atoms with Crippen LogP contribution in [0.25, 0.3) is 0 Å². The zero-order valence-electron chi connectivity index (χ0n) is 15.9. The molecule has 2 aromatic carbocycles. The number of hydrogen-bond acceptors (Lipinski definition) is 2. The standard InChI is InChI=1S/C22H29FN2O/c1-4-17-5-9-19(10-6-17)22(16(2)3)25-15-21(26)24-14-13-18-7-11-20(23)12-8-18/h5-12,16,22,25H,4,13-15H2,1-3H3,(H,24,26). The highest BCUT2D eigenvalue weighted by Crippen LogP contribution is 2.22. The maximum absolute atomic E-state index is 12.9. The van der Waals surface area contributed by atoms with Crippen LogP contribution in [0, 0.1) is 11.7 Å². The summed E-state index contributed by atoms with van der Waals surface area (Å²) in [5.74, 6) is 0.117. The van der Waals surface area contributed by atoms with Gasteiger partial charge in [-0.15, -0.1) is 0 Å². The third-order valence-electron chi connectivity index (χ3n) is 4.55. The van der Waals surface area contributed by atoms with Crippen molar-refractivity contribution < 1.29 is 9.18 Å². The topological polar surface area (TPSA) is 41.1 Å². The molecule has 2 aromatic rings. The second-order valence-corrected chi connectivity index (χ2v) is 6.92. The molecule has 0 bridgehead atoms. The molecule has 0 saturated heterocycles. The minimum Gasteiger partial charge on any atom is -0.355 e. The summed E-state index contributed by atoms with van der Waals surface area (Å²) >= 11 is 0. The second kappa shape index (κ2) is 10.1. The van der Waals surface area contributed by atoms with Crippen molar-refractivity contribution in [1.82, 2.24) is 10.6 Å². The zero-order chi connectivity index (χ0) is 18.9. The fourth-order valence-electron chi connectivity index (χ4n) is 2.96. The Kier molecular flexibility index (Phi) is 7.79. The van der Waals surface area contributed by atoms with Gasteiger partial charge >= 0.3 is 0 Å². The van der Waals surface area contributed by atoms with E-state index in [1.54, 1.807) is 12.1 Å². The summed E-state index contributed by atoms with van der Waals surface area (Å²) in [5.41, 5.74) is 3.53. The van der Waals surface area contributed by atoms with E-state index in [0.717, 1.165) is 12.0 Å². The van der Waals surface area contributed by atoms with Crippen molar-refractivity contribution in [2.75, 3.05) is 13.1 Å². The van der Waals surface area contributed by atoms with Crippen molar-refractivity contribution in [3.63, 3.8) is 0 Å². The number of rotatable bonds is 9. The maximum Gasteiger partial charge on any atom is 0.233 e. The highest BCUT2D eigenvalue weighted by Gasteiger charge is 2.16. The molecular weight excluding hydrogens is 327 g/mol. The van der Waals surface area contributed by atoms with E-state index in [2.05, 4.69) is 55.7 Å². The van der Waals surface area contributed by atoms with Gasteiger partial charge in [0.15, 0.2) is 0 Å². The predicted molar refractivity (Wildman–Crippen MR) is 105 cm³/mol. The molecule has 2 N–H and O–H groups in total. The molecule has 0 radical (unpaired) electrons. The number of amides is 1. The summed E-state index contributed by atoms with van der Waals surface area (Å²) in [7, 11) is 0. The van der Waals surface area contributed by atoms with E-state index in [4.69, 9.17) is 0 Å². The monoisotopic (exact) mass is 356 g/mol. The molecule has 0 aliphatic heterocycles. The van der Waals surface area contributed by atoms with Crippen LogP contribution in [0.3, 0.4) is 0 Å². The van der Waals surface area contributed by atoms with E-state index in [-0.39, 0.29) is 24.3 Å². The second-order valence-electron chi connectivity index (χ2n) is 6.92. The van der Waals surface area contributed by atoms with Gasteiger partial charge in [0.2, 0.25) is 5.91 Å². The van der Waals surface area contributed by atoms with Gasteiger partial charge in [0.05, 0.1) is 6.54 Å². The first kappa shape index (κ1) is 20.1. The smallest absolute Gasteiger partial charge is 0.233 e. The lowest BCUT2D eigenvalue weighted by Gasteiger charge is -2.23. The summed E-state index contributed by atoms with van der Waals surface area (Å²) in [6.07, 6.45) is 1.72. The number of nitrogens with one attached hydrogen (secondary N) is 2. The van der Waals surface area contributed by atoms with Gasteiger partial charge in [-0.25, -0.2) is 4.39 Å². The molecule has 0 aliphatic carbocycles. The summed E-state index contributed by atoms with van der Waals surface area (Å²) in [6.45, 7) is 7.27. The molecule has 4 heteroatoms. The van der Waals surface area contributed by atoms with Gasteiger partial charge in [0.25, 0.3) is 0 Å². The summed E-state index contributed by atoms with van der Waals surface area (Å²) in [4.78, 5) is 12.1. The van der Waals surface area contributed by atoms with Crippen LogP contribution in [-0.2, 0) is 17.6 Å². The lowest BCUT2D eigenvalue weighted by molar-refractivity contribution is -0.120. The van der Waals surface area contributed by atoms with E-state index in [0.29, 0.717) is 18.9 Å². The van der Waals surface area contributed by atoms with Crippen LogP contribution in [0.15, 0.2) is 48.5 Å². The van der Waals surface area contributed by atoms with Crippen LogP contribution < -0.4 is 10.6 Å². The van der Waals surface area contributed by atoms with E-state index in [9.17, 15) is 9.18 Å². The van der Waals surface area contributed by atoms with E-state index in [1.807, 2.05) is 0 Å². The van der Waals surface area contributed by atoms with Gasteiger partial charge in [-0.3, -0.25) is 4.79 Å². The predicted octanol–water partition coefficient (Wildman–Crippen LogP) is 4.03. The van der Waals surface area contributed by atoms with Crippen LogP contribution in [0.5, 0.6) is 0 Å². The van der Waals surface area contributed by atoms with E-state index < -0.39 is 0 Å². The van der Waals surface area contributed by atoms with Gasteiger partial charge in [-0.2, -0.15) is 0 Å².